The topological polar surface area (TPSA) is 79.9 Å². The minimum absolute atomic E-state index is 0.0563. The van der Waals surface area contributed by atoms with E-state index in [4.69, 9.17) is 4.74 Å². The number of thioether (sulfide) groups is 1. The molecule has 1 aliphatic rings. The number of H-pyrrole nitrogens is 1. The Hall–Kier alpha value is -2.45. The molecule has 0 saturated carbocycles. The molecule has 3 aromatic rings. The quantitative estimate of drug-likeness (QED) is 0.503. The van der Waals surface area contributed by atoms with Gasteiger partial charge in [-0.05, 0) is 30.5 Å². The Balaban J connectivity index is 1.45. The molecule has 0 radical (unpaired) electrons. The summed E-state index contributed by atoms with van der Waals surface area (Å²) >= 11 is 1.34. The highest BCUT2D eigenvalue weighted by Gasteiger charge is 2.17. The van der Waals surface area contributed by atoms with Gasteiger partial charge in [-0.2, -0.15) is 0 Å². The molecule has 0 unspecified atom stereocenters. The largest absolute Gasteiger partial charge is 0.376 e. The minimum Gasteiger partial charge on any atom is -0.376 e. The van der Waals surface area contributed by atoms with Gasteiger partial charge in [0.05, 0.1) is 17.4 Å². The van der Waals surface area contributed by atoms with Crippen molar-refractivity contribution in [3.05, 3.63) is 42.6 Å². The van der Waals surface area contributed by atoms with Gasteiger partial charge in [0.25, 0.3) is 0 Å². The number of amides is 1. The minimum atomic E-state index is -0.298. The molecular weight excluding hydrogens is 367 g/mol. The van der Waals surface area contributed by atoms with Crippen LogP contribution in [0, 0.1) is 5.82 Å². The van der Waals surface area contributed by atoms with Crippen molar-refractivity contribution in [2.45, 2.75) is 24.0 Å². The van der Waals surface area contributed by atoms with Crippen LogP contribution in [0.4, 0.5) is 4.39 Å². The van der Waals surface area contributed by atoms with Crippen molar-refractivity contribution >= 4 is 28.7 Å². The van der Waals surface area contributed by atoms with Crippen LogP contribution in [0.15, 0.2) is 41.8 Å². The number of nitrogens with zero attached hydrogens (tertiary/aromatic N) is 2. The zero-order valence-electron chi connectivity index (χ0n) is 14.6. The first-order valence-electron chi connectivity index (χ1n) is 8.80. The van der Waals surface area contributed by atoms with Crippen molar-refractivity contribution in [1.29, 1.82) is 0 Å². The lowest BCUT2D eigenvalue weighted by Crippen LogP contribution is -2.32. The molecule has 140 valence electrons. The molecule has 27 heavy (non-hydrogen) atoms. The van der Waals surface area contributed by atoms with Gasteiger partial charge in [-0.25, -0.2) is 14.4 Å². The summed E-state index contributed by atoms with van der Waals surface area (Å²) in [7, 11) is 0. The van der Waals surface area contributed by atoms with E-state index >= 15 is 0 Å². The van der Waals surface area contributed by atoms with Crippen molar-refractivity contribution in [1.82, 2.24) is 20.3 Å². The number of carbonyl (C=O) groups excluding carboxylic acids is 1. The van der Waals surface area contributed by atoms with E-state index in [9.17, 15) is 9.18 Å². The van der Waals surface area contributed by atoms with E-state index < -0.39 is 0 Å². The number of fused-ring (bicyclic) bond motifs is 1. The van der Waals surface area contributed by atoms with E-state index in [0.717, 1.165) is 36.1 Å². The number of aromatic nitrogens is 3. The molecule has 3 heterocycles. The van der Waals surface area contributed by atoms with E-state index in [0.29, 0.717) is 17.1 Å². The summed E-state index contributed by atoms with van der Waals surface area (Å²) in [4.78, 5) is 23.9. The van der Waals surface area contributed by atoms with E-state index in [1.54, 1.807) is 12.3 Å². The molecule has 1 amide bonds. The van der Waals surface area contributed by atoms with Gasteiger partial charge in [-0.3, -0.25) is 4.79 Å². The zero-order valence-corrected chi connectivity index (χ0v) is 15.4. The van der Waals surface area contributed by atoms with Crippen LogP contribution in [0.2, 0.25) is 0 Å². The predicted molar refractivity (Wildman–Crippen MR) is 102 cm³/mol. The summed E-state index contributed by atoms with van der Waals surface area (Å²) in [6.07, 6.45) is 5.42. The normalized spacial score (nSPS) is 16.7. The van der Waals surface area contributed by atoms with Crippen LogP contribution in [0.25, 0.3) is 22.2 Å². The van der Waals surface area contributed by atoms with Gasteiger partial charge in [-0.15, -0.1) is 0 Å². The molecule has 2 aromatic heterocycles. The second-order valence-electron chi connectivity index (χ2n) is 6.34. The van der Waals surface area contributed by atoms with Crippen LogP contribution in [-0.4, -0.2) is 45.9 Å². The number of carbonyl (C=O) groups is 1. The van der Waals surface area contributed by atoms with Crippen LogP contribution >= 0.6 is 11.8 Å². The number of hydrogen-bond acceptors (Lipinski definition) is 5. The maximum Gasteiger partial charge on any atom is 0.230 e. The van der Waals surface area contributed by atoms with Gasteiger partial charge < -0.3 is 15.0 Å². The SMILES string of the molecule is O=C(CSc1ncnc2c(-c3cccc(F)c3)c[nH]c12)NC[C@@H]1CCCO1. The molecule has 0 bridgehead atoms. The molecule has 0 aliphatic carbocycles. The summed E-state index contributed by atoms with van der Waals surface area (Å²) in [5, 5.41) is 3.59. The maximum atomic E-state index is 13.5. The Kier molecular flexibility index (Phi) is 5.35. The number of rotatable bonds is 6. The smallest absolute Gasteiger partial charge is 0.230 e. The fraction of sp³-hybridized carbons (Fsp3) is 0.316. The Morgan fingerprint density at radius 1 is 1.41 bits per heavy atom. The van der Waals surface area contributed by atoms with Crippen LogP contribution in [0.1, 0.15) is 12.8 Å². The molecule has 2 N–H and O–H groups in total. The molecule has 6 nitrogen and oxygen atoms in total. The number of halogens is 1. The second-order valence-corrected chi connectivity index (χ2v) is 7.31. The Morgan fingerprint density at radius 3 is 3.15 bits per heavy atom. The molecular formula is C19H19FN4O2S. The van der Waals surface area contributed by atoms with Crippen LogP contribution in [-0.2, 0) is 9.53 Å². The first-order valence-corrected chi connectivity index (χ1v) is 9.78. The summed E-state index contributed by atoms with van der Waals surface area (Å²) in [5.41, 5.74) is 2.99. The Bertz CT molecular complexity index is 956. The van der Waals surface area contributed by atoms with Gasteiger partial charge in [-0.1, -0.05) is 23.9 Å². The maximum absolute atomic E-state index is 13.5. The molecule has 0 spiro atoms. The molecule has 1 atom stereocenters. The Morgan fingerprint density at radius 2 is 2.33 bits per heavy atom. The van der Waals surface area contributed by atoms with Gasteiger partial charge in [0.15, 0.2) is 0 Å². The van der Waals surface area contributed by atoms with Crippen LogP contribution in [0.5, 0.6) is 0 Å². The Labute approximate surface area is 159 Å². The molecule has 1 aromatic carbocycles. The first kappa shape index (κ1) is 17.9. The second kappa shape index (κ2) is 8.06. The van der Waals surface area contributed by atoms with Gasteiger partial charge in [0.1, 0.15) is 22.7 Å². The predicted octanol–water partition coefficient (Wildman–Crippen LogP) is 3.15. The summed E-state index contributed by atoms with van der Waals surface area (Å²) in [5.74, 6) is -0.0970. The van der Waals surface area contributed by atoms with E-state index in [1.807, 2.05) is 6.07 Å². The highest BCUT2D eigenvalue weighted by atomic mass is 32.2. The lowest BCUT2D eigenvalue weighted by Gasteiger charge is -2.10. The number of ether oxygens (including phenoxy) is 1. The number of aromatic amines is 1. The summed E-state index contributed by atoms with van der Waals surface area (Å²) < 4.78 is 19.0. The van der Waals surface area contributed by atoms with Gasteiger partial charge >= 0.3 is 0 Å². The monoisotopic (exact) mass is 386 g/mol. The molecule has 4 rings (SSSR count). The average Bonchev–Trinajstić information content (AvgIpc) is 3.34. The van der Waals surface area contributed by atoms with Crippen molar-refractivity contribution in [3.63, 3.8) is 0 Å². The lowest BCUT2D eigenvalue weighted by atomic mass is 10.1. The fourth-order valence-corrected chi connectivity index (χ4v) is 3.91. The average molecular weight is 386 g/mol. The van der Waals surface area contributed by atoms with Crippen molar-refractivity contribution in [2.24, 2.45) is 0 Å². The molecule has 1 fully saturated rings. The van der Waals surface area contributed by atoms with Crippen LogP contribution in [0.3, 0.4) is 0 Å². The van der Waals surface area contributed by atoms with Crippen LogP contribution < -0.4 is 5.32 Å². The van der Waals surface area contributed by atoms with E-state index in [-0.39, 0.29) is 23.6 Å². The number of nitrogens with one attached hydrogen (secondary N) is 2. The fourth-order valence-electron chi connectivity index (χ4n) is 3.12. The summed E-state index contributed by atoms with van der Waals surface area (Å²) in [6.45, 7) is 1.32. The third-order valence-corrected chi connectivity index (χ3v) is 5.44. The highest BCUT2D eigenvalue weighted by molar-refractivity contribution is 8.00. The number of benzene rings is 1. The third kappa shape index (κ3) is 4.12. The highest BCUT2D eigenvalue weighted by Crippen LogP contribution is 2.31. The van der Waals surface area contributed by atoms with Gasteiger partial charge in [0, 0.05) is 24.9 Å². The molecule has 8 heteroatoms. The molecule has 1 saturated heterocycles. The third-order valence-electron chi connectivity index (χ3n) is 4.45. The van der Waals surface area contributed by atoms with E-state index in [2.05, 4.69) is 20.3 Å². The van der Waals surface area contributed by atoms with Crippen molar-refractivity contribution in [2.75, 3.05) is 18.9 Å². The van der Waals surface area contributed by atoms with Gasteiger partial charge in [0.2, 0.25) is 5.91 Å². The standard InChI is InChI=1S/C19H19FN4O2S/c20-13-4-1-3-12(7-13)15-9-22-18-17(15)23-11-24-19(18)27-10-16(25)21-8-14-5-2-6-26-14/h1,3-4,7,9,11,14,22H,2,5-6,8,10H2,(H,21,25)/t14-/m0/s1. The van der Waals surface area contributed by atoms with Crippen molar-refractivity contribution < 1.29 is 13.9 Å². The molecule has 1 aliphatic heterocycles. The van der Waals surface area contributed by atoms with Crippen molar-refractivity contribution in [3.8, 4) is 11.1 Å². The van der Waals surface area contributed by atoms with E-state index in [1.165, 1.54) is 30.2 Å². The number of hydrogen-bond donors (Lipinski definition) is 2. The zero-order chi connectivity index (χ0) is 18.6. The first-order chi connectivity index (χ1) is 13.2. The summed E-state index contributed by atoms with van der Waals surface area (Å²) in [6, 6.07) is 6.37. The lowest BCUT2D eigenvalue weighted by molar-refractivity contribution is -0.119.